The van der Waals surface area contributed by atoms with Gasteiger partial charge in [-0.05, 0) is 85.3 Å². The summed E-state index contributed by atoms with van der Waals surface area (Å²) >= 11 is 0. The largest absolute Gasteiger partial charge is 0.454 e. The zero-order chi connectivity index (χ0) is 29.1. The molecule has 1 aliphatic carbocycles. The van der Waals surface area contributed by atoms with E-state index in [0.717, 1.165) is 56.0 Å². The number of hydrogen-bond acceptors (Lipinski definition) is 4. The maximum absolute atomic E-state index is 11.9. The van der Waals surface area contributed by atoms with E-state index in [1.165, 1.54) is 34.2 Å². The van der Waals surface area contributed by atoms with Crippen LogP contribution in [-0.2, 0) is 4.79 Å². The number of nitrogens with zero attached hydrogens (tertiary/aromatic N) is 2. The molecule has 43 heavy (non-hydrogen) atoms. The summed E-state index contributed by atoms with van der Waals surface area (Å²) in [6, 6.07) is 23.1. The Bertz CT molecular complexity index is 1450. The quantitative estimate of drug-likeness (QED) is 0.167. The Labute approximate surface area is 262 Å². The molecule has 224 valence electrons. The van der Waals surface area contributed by atoms with Crippen molar-refractivity contribution in [3.8, 4) is 11.5 Å². The molecule has 0 atom stereocenters. The number of amides is 1. The summed E-state index contributed by atoms with van der Waals surface area (Å²) in [4.78, 5) is 16.1. The molecule has 1 saturated heterocycles. The number of allylic oxidation sites excluding steroid dienone is 2. The third-order valence-corrected chi connectivity index (χ3v) is 7.57. The van der Waals surface area contributed by atoms with Gasteiger partial charge in [-0.3, -0.25) is 4.79 Å². The first kappa shape index (κ1) is 31.9. The molecule has 5 nitrogen and oxygen atoms in total. The van der Waals surface area contributed by atoms with Crippen LogP contribution in [0.2, 0.25) is 0 Å². The highest BCUT2D eigenvalue weighted by atomic mass is 35.5. The molecule has 2 aliphatic heterocycles. The summed E-state index contributed by atoms with van der Waals surface area (Å²) in [5.41, 5.74) is 7.63. The second-order valence-electron chi connectivity index (χ2n) is 10.9. The minimum Gasteiger partial charge on any atom is -0.454 e. The van der Waals surface area contributed by atoms with Crippen LogP contribution in [0.3, 0.4) is 0 Å². The van der Waals surface area contributed by atoms with E-state index in [1.807, 2.05) is 35.3 Å². The van der Waals surface area contributed by atoms with Crippen molar-refractivity contribution in [2.45, 2.75) is 25.7 Å². The Balaban J connectivity index is 0.000000192. The summed E-state index contributed by atoms with van der Waals surface area (Å²) in [5.74, 6) is 1.65. The smallest absolute Gasteiger partial charge is 0.246 e. The maximum Gasteiger partial charge on any atom is 0.246 e. The van der Waals surface area contributed by atoms with Crippen LogP contribution in [0, 0.1) is 0 Å². The molecule has 0 spiro atoms. The predicted octanol–water partition coefficient (Wildman–Crippen LogP) is 7.97. The average molecular weight is 597 g/mol. The van der Waals surface area contributed by atoms with Crippen molar-refractivity contribution < 1.29 is 14.3 Å². The monoisotopic (exact) mass is 596 g/mol. The van der Waals surface area contributed by atoms with Gasteiger partial charge in [0, 0.05) is 25.7 Å². The first-order valence-corrected chi connectivity index (χ1v) is 14.8. The fourth-order valence-electron chi connectivity index (χ4n) is 5.33. The van der Waals surface area contributed by atoms with Crippen molar-refractivity contribution in [1.29, 1.82) is 0 Å². The van der Waals surface area contributed by atoms with E-state index < -0.39 is 0 Å². The molecule has 3 aliphatic rings. The van der Waals surface area contributed by atoms with Crippen LogP contribution in [-0.4, -0.2) is 56.2 Å². The normalized spacial score (nSPS) is 15.0. The van der Waals surface area contributed by atoms with Crippen LogP contribution in [0.4, 0.5) is 0 Å². The predicted molar refractivity (Wildman–Crippen MR) is 180 cm³/mol. The van der Waals surface area contributed by atoms with Gasteiger partial charge in [-0.25, -0.2) is 0 Å². The first-order valence-electron chi connectivity index (χ1n) is 14.8. The lowest BCUT2D eigenvalue weighted by Gasteiger charge is -2.25. The second-order valence-corrected chi connectivity index (χ2v) is 10.9. The molecule has 0 radical (unpaired) electrons. The van der Waals surface area contributed by atoms with Gasteiger partial charge in [0.25, 0.3) is 0 Å². The van der Waals surface area contributed by atoms with Crippen molar-refractivity contribution in [2.75, 3.05) is 40.5 Å². The Hall–Kier alpha value is -4.06. The number of rotatable bonds is 6. The van der Waals surface area contributed by atoms with Crippen LogP contribution in [0.1, 0.15) is 53.5 Å². The standard InChI is InChI=1S/C20H21N.C17H19NO3.ClH/c1-21(2)15-7-12-20-18-10-5-3-8-16(18)13-14-17-9-4-6-11-19(17)20;19-17(18-10-4-1-5-11-18)7-3-2-6-14-8-9-15-16(12-14)21-13-20-15;/h3-6,8-14H,7,15H2,1-2H3;2-3,6-9,12H,1,4-5,10-11,13H2;1H. The second kappa shape index (κ2) is 16.0. The van der Waals surface area contributed by atoms with Crippen LogP contribution in [0.25, 0.3) is 23.8 Å². The Kier molecular flexibility index (Phi) is 11.8. The van der Waals surface area contributed by atoms with E-state index >= 15 is 0 Å². The molecule has 2 heterocycles. The molecular weight excluding hydrogens is 556 g/mol. The van der Waals surface area contributed by atoms with Crippen molar-refractivity contribution in [1.82, 2.24) is 9.80 Å². The van der Waals surface area contributed by atoms with Gasteiger partial charge in [-0.1, -0.05) is 91.1 Å². The third-order valence-electron chi connectivity index (χ3n) is 7.57. The Morgan fingerprint density at radius 1 is 0.837 bits per heavy atom. The molecule has 0 aromatic heterocycles. The number of carbonyl (C=O) groups excluding carboxylic acids is 1. The number of benzene rings is 3. The highest BCUT2D eigenvalue weighted by Gasteiger charge is 2.15. The van der Waals surface area contributed by atoms with Gasteiger partial charge in [-0.2, -0.15) is 0 Å². The fraction of sp³-hybridized carbons (Fsp3) is 0.270. The zero-order valence-electron chi connectivity index (χ0n) is 25.1. The maximum atomic E-state index is 11.9. The number of halogens is 1. The molecule has 0 bridgehead atoms. The van der Waals surface area contributed by atoms with E-state index in [0.29, 0.717) is 0 Å². The van der Waals surface area contributed by atoms with Crippen molar-refractivity contribution in [2.24, 2.45) is 0 Å². The topological polar surface area (TPSA) is 42.0 Å². The van der Waals surface area contributed by atoms with Gasteiger partial charge in [0.1, 0.15) is 0 Å². The summed E-state index contributed by atoms with van der Waals surface area (Å²) in [5, 5.41) is 0. The third kappa shape index (κ3) is 8.73. The molecule has 6 heteroatoms. The van der Waals surface area contributed by atoms with Crippen LogP contribution in [0.5, 0.6) is 11.5 Å². The van der Waals surface area contributed by atoms with Gasteiger partial charge in [0.05, 0.1) is 0 Å². The fourth-order valence-corrected chi connectivity index (χ4v) is 5.33. The molecule has 3 aromatic rings. The number of fused-ring (bicyclic) bond motifs is 3. The highest BCUT2D eigenvalue weighted by Crippen LogP contribution is 2.34. The highest BCUT2D eigenvalue weighted by molar-refractivity contribution is 5.93. The first-order chi connectivity index (χ1) is 20.6. The number of piperidine rings is 1. The summed E-state index contributed by atoms with van der Waals surface area (Å²) in [7, 11) is 4.24. The molecule has 1 fully saturated rings. The number of likely N-dealkylation sites (tertiary alicyclic amines) is 1. The van der Waals surface area contributed by atoms with Gasteiger partial charge in [-0.15, -0.1) is 12.4 Å². The zero-order valence-corrected chi connectivity index (χ0v) is 25.9. The summed E-state index contributed by atoms with van der Waals surface area (Å²) in [6.07, 6.45) is 18.6. The lowest BCUT2D eigenvalue weighted by atomic mass is 9.93. The van der Waals surface area contributed by atoms with E-state index in [2.05, 4.69) is 85.8 Å². The molecular formula is C37H41ClN2O3. The van der Waals surface area contributed by atoms with Gasteiger partial charge in [0.2, 0.25) is 12.7 Å². The van der Waals surface area contributed by atoms with E-state index in [9.17, 15) is 4.79 Å². The average Bonchev–Trinajstić information content (AvgIpc) is 3.43. The van der Waals surface area contributed by atoms with Crippen molar-refractivity contribution >= 4 is 42.1 Å². The van der Waals surface area contributed by atoms with E-state index in [4.69, 9.17) is 9.47 Å². The van der Waals surface area contributed by atoms with Crippen LogP contribution >= 0.6 is 12.4 Å². The molecule has 0 N–H and O–H groups in total. The van der Waals surface area contributed by atoms with Crippen molar-refractivity contribution in [3.05, 3.63) is 119 Å². The minimum atomic E-state index is 0. The molecule has 6 rings (SSSR count). The van der Waals surface area contributed by atoms with Gasteiger partial charge >= 0.3 is 0 Å². The van der Waals surface area contributed by atoms with E-state index in [-0.39, 0.29) is 25.1 Å². The van der Waals surface area contributed by atoms with E-state index in [1.54, 1.807) is 12.2 Å². The van der Waals surface area contributed by atoms with Gasteiger partial charge < -0.3 is 19.3 Å². The summed E-state index contributed by atoms with van der Waals surface area (Å²) in [6.45, 7) is 3.12. The van der Waals surface area contributed by atoms with Crippen LogP contribution in [0.15, 0.2) is 91.0 Å². The molecule has 3 aromatic carbocycles. The van der Waals surface area contributed by atoms with Crippen molar-refractivity contribution in [3.63, 3.8) is 0 Å². The Morgan fingerprint density at radius 2 is 1.49 bits per heavy atom. The molecule has 0 saturated carbocycles. The van der Waals surface area contributed by atoms with Gasteiger partial charge in [0.15, 0.2) is 11.5 Å². The number of carbonyl (C=O) groups is 1. The summed E-state index contributed by atoms with van der Waals surface area (Å²) < 4.78 is 10.6. The minimum absolute atomic E-state index is 0. The lowest BCUT2D eigenvalue weighted by Crippen LogP contribution is -2.34. The van der Waals surface area contributed by atoms with Crippen LogP contribution < -0.4 is 9.47 Å². The number of hydrogen-bond donors (Lipinski definition) is 0. The SMILES string of the molecule is CN(C)CCC=C1c2ccccc2C=Cc2ccccc21.Cl.O=C(C=CC=Cc1ccc2c(c1)OCO2)N1CCCCC1. The Morgan fingerprint density at radius 3 is 2.16 bits per heavy atom. The molecule has 1 amide bonds. The number of ether oxygens (including phenoxy) is 2. The molecule has 0 unspecified atom stereocenters. The lowest BCUT2D eigenvalue weighted by molar-refractivity contribution is -0.126.